The van der Waals surface area contributed by atoms with E-state index < -0.39 is 0 Å². The van der Waals surface area contributed by atoms with Crippen LogP contribution < -0.4 is 0 Å². The van der Waals surface area contributed by atoms with Crippen LogP contribution in [0.25, 0.3) is 10.7 Å². The fourth-order valence-electron chi connectivity index (χ4n) is 1.06. The van der Waals surface area contributed by atoms with Crippen molar-refractivity contribution in [3.05, 3.63) is 23.1 Å². The van der Waals surface area contributed by atoms with Gasteiger partial charge in [-0.1, -0.05) is 0 Å². The van der Waals surface area contributed by atoms with Gasteiger partial charge in [-0.05, 0) is 19.1 Å². The summed E-state index contributed by atoms with van der Waals surface area (Å²) in [5.41, 5.74) is 0. The van der Waals surface area contributed by atoms with Gasteiger partial charge in [0.2, 0.25) is 0 Å². The van der Waals surface area contributed by atoms with Crippen molar-refractivity contribution in [3.63, 3.8) is 0 Å². The molecule has 0 saturated heterocycles. The molecule has 68 valence electrons. The number of hydrogen-bond acceptors (Lipinski definition) is 3. The van der Waals surface area contributed by atoms with Crippen LogP contribution in [0.2, 0.25) is 0 Å². The van der Waals surface area contributed by atoms with Crippen molar-refractivity contribution in [2.75, 3.05) is 0 Å². The van der Waals surface area contributed by atoms with E-state index in [1.165, 1.54) is 6.07 Å². The summed E-state index contributed by atoms with van der Waals surface area (Å²) in [5.74, 6) is 1.54. The Balaban J connectivity index is 2.52. The summed E-state index contributed by atoms with van der Waals surface area (Å²) < 4.78 is 14.6. The summed E-state index contributed by atoms with van der Waals surface area (Å²) in [7, 11) is 1.86. The molecule has 0 saturated carbocycles. The first-order chi connectivity index (χ1) is 6.18. The number of hydrogen-bond donors (Lipinski definition) is 0. The van der Waals surface area contributed by atoms with Crippen molar-refractivity contribution in [2.24, 2.45) is 7.05 Å². The third kappa shape index (κ3) is 1.35. The van der Waals surface area contributed by atoms with E-state index in [4.69, 9.17) is 0 Å². The number of thiophene rings is 1. The van der Waals surface area contributed by atoms with Gasteiger partial charge in [0.15, 0.2) is 11.0 Å². The molecule has 13 heavy (non-hydrogen) atoms. The smallest absolute Gasteiger partial charge is 0.177 e. The molecule has 5 heteroatoms. The van der Waals surface area contributed by atoms with Crippen molar-refractivity contribution < 1.29 is 4.39 Å². The van der Waals surface area contributed by atoms with E-state index in [0.717, 1.165) is 22.0 Å². The van der Waals surface area contributed by atoms with Crippen LogP contribution in [0.1, 0.15) is 5.82 Å². The van der Waals surface area contributed by atoms with Crippen LogP contribution in [0.4, 0.5) is 4.39 Å². The molecule has 0 amide bonds. The van der Waals surface area contributed by atoms with Gasteiger partial charge < -0.3 is 4.57 Å². The average Bonchev–Trinajstić information content (AvgIpc) is 2.62. The minimum Gasteiger partial charge on any atom is -0.314 e. The van der Waals surface area contributed by atoms with Gasteiger partial charge in [0.05, 0.1) is 4.88 Å². The lowest BCUT2D eigenvalue weighted by Crippen LogP contribution is -1.92. The van der Waals surface area contributed by atoms with Crippen LogP contribution in [-0.4, -0.2) is 14.8 Å². The number of halogens is 1. The van der Waals surface area contributed by atoms with E-state index in [1.807, 2.05) is 18.5 Å². The van der Waals surface area contributed by atoms with Gasteiger partial charge in [-0.2, -0.15) is 4.39 Å². The first kappa shape index (κ1) is 8.37. The largest absolute Gasteiger partial charge is 0.314 e. The second kappa shape index (κ2) is 2.92. The van der Waals surface area contributed by atoms with E-state index in [9.17, 15) is 4.39 Å². The lowest BCUT2D eigenvalue weighted by atomic mass is 10.4. The summed E-state index contributed by atoms with van der Waals surface area (Å²) >= 11 is 1.08. The minimum atomic E-state index is -0.198. The fourth-order valence-corrected chi connectivity index (χ4v) is 1.81. The second-order valence-corrected chi connectivity index (χ2v) is 3.77. The molecule has 3 nitrogen and oxygen atoms in total. The molecule has 0 aromatic carbocycles. The molecule has 0 aliphatic heterocycles. The molecule has 0 fully saturated rings. The molecule has 0 aliphatic rings. The fraction of sp³-hybridized carbons (Fsp3) is 0.250. The third-order valence-electron chi connectivity index (χ3n) is 1.89. The predicted octanol–water partition coefficient (Wildman–Crippen LogP) is 1.99. The highest BCUT2D eigenvalue weighted by atomic mass is 32.1. The highest BCUT2D eigenvalue weighted by Crippen LogP contribution is 2.25. The highest BCUT2D eigenvalue weighted by molar-refractivity contribution is 7.13. The molecule has 2 heterocycles. The average molecular weight is 197 g/mol. The Bertz CT molecular complexity index is 432. The first-order valence-corrected chi connectivity index (χ1v) is 4.62. The SMILES string of the molecule is Cc1nnc(-c2ccc(F)s2)n1C. The summed E-state index contributed by atoms with van der Waals surface area (Å²) in [5, 5.41) is 7.66. The standard InChI is InChI=1S/C8H8FN3S/c1-5-10-11-8(12(5)2)6-3-4-7(9)13-6/h3-4H,1-2H3. The van der Waals surface area contributed by atoms with Crippen LogP contribution in [0.15, 0.2) is 12.1 Å². The van der Waals surface area contributed by atoms with E-state index in [1.54, 1.807) is 6.07 Å². The molecule has 0 aliphatic carbocycles. The Morgan fingerprint density at radius 2 is 2.15 bits per heavy atom. The summed E-state index contributed by atoms with van der Waals surface area (Å²) in [4.78, 5) is 0.806. The van der Waals surface area contributed by atoms with Crippen LogP contribution >= 0.6 is 11.3 Å². The van der Waals surface area contributed by atoms with E-state index in [2.05, 4.69) is 10.2 Å². The minimum absolute atomic E-state index is 0.198. The maximum Gasteiger partial charge on any atom is 0.177 e. The Hall–Kier alpha value is -1.23. The number of aryl methyl sites for hydroxylation is 1. The van der Waals surface area contributed by atoms with Crippen molar-refractivity contribution in [3.8, 4) is 10.7 Å². The molecule has 0 radical (unpaired) electrons. The predicted molar refractivity (Wildman–Crippen MR) is 49.0 cm³/mol. The molecular formula is C8H8FN3S. The van der Waals surface area contributed by atoms with Gasteiger partial charge in [-0.15, -0.1) is 21.5 Å². The van der Waals surface area contributed by atoms with Crippen molar-refractivity contribution in [1.82, 2.24) is 14.8 Å². The summed E-state index contributed by atoms with van der Waals surface area (Å²) in [6.07, 6.45) is 0. The quantitative estimate of drug-likeness (QED) is 0.700. The van der Waals surface area contributed by atoms with E-state index in [0.29, 0.717) is 5.82 Å². The molecular weight excluding hydrogens is 189 g/mol. The van der Waals surface area contributed by atoms with Gasteiger partial charge in [-0.3, -0.25) is 0 Å². The molecule has 2 aromatic heterocycles. The number of aromatic nitrogens is 3. The van der Waals surface area contributed by atoms with E-state index in [-0.39, 0.29) is 5.13 Å². The maximum absolute atomic E-state index is 12.7. The van der Waals surface area contributed by atoms with E-state index >= 15 is 0 Å². The zero-order valence-electron chi connectivity index (χ0n) is 7.28. The monoisotopic (exact) mass is 197 g/mol. The maximum atomic E-state index is 12.7. The normalized spacial score (nSPS) is 10.7. The Labute approximate surface area is 78.9 Å². The van der Waals surface area contributed by atoms with Gasteiger partial charge in [0, 0.05) is 7.05 Å². The topological polar surface area (TPSA) is 30.7 Å². The lowest BCUT2D eigenvalue weighted by Gasteiger charge is -1.96. The van der Waals surface area contributed by atoms with Crippen LogP contribution in [-0.2, 0) is 7.05 Å². The molecule has 0 N–H and O–H groups in total. The molecule has 0 spiro atoms. The van der Waals surface area contributed by atoms with Crippen LogP contribution in [0, 0.1) is 12.1 Å². The lowest BCUT2D eigenvalue weighted by molar-refractivity contribution is 0.657. The summed E-state index contributed by atoms with van der Waals surface area (Å²) in [6, 6.07) is 3.15. The highest BCUT2D eigenvalue weighted by Gasteiger charge is 2.09. The molecule has 0 atom stereocenters. The van der Waals surface area contributed by atoms with Crippen LogP contribution in [0.3, 0.4) is 0 Å². The molecule has 2 rings (SSSR count). The molecule has 0 bridgehead atoms. The zero-order valence-corrected chi connectivity index (χ0v) is 8.10. The number of nitrogens with zero attached hydrogens (tertiary/aromatic N) is 3. The van der Waals surface area contributed by atoms with Gasteiger partial charge >= 0.3 is 0 Å². The number of rotatable bonds is 1. The molecule has 2 aromatic rings. The molecule has 0 unspecified atom stereocenters. The van der Waals surface area contributed by atoms with Gasteiger partial charge in [-0.25, -0.2) is 0 Å². The zero-order chi connectivity index (χ0) is 9.42. The Morgan fingerprint density at radius 1 is 1.38 bits per heavy atom. The first-order valence-electron chi connectivity index (χ1n) is 3.80. The van der Waals surface area contributed by atoms with Gasteiger partial charge in [0.1, 0.15) is 5.82 Å². The third-order valence-corrected chi connectivity index (χ3v) is 2.76. The second-order valence-electron chi connectivity index (χ2n) is 2.73. The Kier molecular flexibility index (Phi) is 1.88. The van der Waals surface area contributed by atoms with Crippen molar-refractivity contribution in [2.45, 2.75) is 6.92 Å². The van der Waals surface area contributed by atoms with Crippen LogP contribution in [0.5, 0.6) is 0 Å². The Morgan fingerprint density at radius 3 is 2.62 bits per heavy atom. The van der Waals surface area contributed by atoms with Gasteiger partial charge in [0.25, 0.3) is 0 Å². The van der Waals surface area contributed by atoms with Crippen molar-refractivity contribution in [1.29, 1.82) is 0 Å². The van der Waals surface area contributed by atoms with Crippen molar-refractivity contribution >= 4 is 11.3 Å². The summed E-state index contributed by atoms with van der Waals surface area (Å²) in [6.45, 7) is 1.86.